The van der Waals surface area contributed by atoms with Crippen LogP contribution in [0.3, 0.4) is 0 Å². The Bertz CT molecular complexity index is 582. The van der Waals surface area contributed by atoms with Gasteiger partial charge in [0.05, 0.1) is 5.69 Å². The number of benzene rings is 1. The van der Waals surface area contributed by atoms with Crippen molar-refractivity contribution in [3.05, 3.63) is 58.9 Å². The van der Waals surface area contributed by atoms with E-state index in [1.54, 1.807) is 0 Å². The highest BCUT2D eigenvalue weighted by Crippen LogP contribution is 2.14. The Morgan fingerprint density at radius 1 is 1.15 bits per heavy atom. The fourth-order valence-electron chi connectivity index (χ4n) is 2.28. The van der Waals surface area contributed by atoms with Gasteiger partial charge in [-0.25, -0.2) is 0 Å². The van der Waals surface area contributed by atoms with Crippen molar-refractivity contribution in [1.29, 1.82) is 0 Å². The molecule has 0 aliphatic heterocycles. The van der Waals surface area contributed by atoms with Crippen LogP contribution in [0, 0.1) is 6.92 Å². The number of hydrogen-bond acceptors (Lipinski definition) is 2. The average molecular weight is 270 g/mol. The van der Waals surface area contributed by atoms with Crippen molar-refractivity contribution in [2.24, 2.45) is 7.05 Å². The quantitative estimate of drug-likeness (QED) is 0.647. The van der Waals surface area contributed by atoms with E-state index in [1.165, 1.54) is 11.3 Å². The molecule has 0 atom stereocenters. The molecule has 0 aliphatic carbocycles. The van der Waals surface area contributed by atoms with Crippen molar-refractivity contribution >= 4 is 5.78 Å². The molecule has 0 bridgehead atoms. The monoisotopic (exact) mass is 270 g/mol. The Labute approximate surface area is 120 Å². The average Bonchev–Trinajstić information content (AvgIpc) is 2.81. The van der Waals surface area contributed by atoms with Crippen molar-refractivity contribution in [2.75, 3.05) is 13.1 Å². The van der Waals surface area contributed by atoms with Gasteiger partial charge < -0.3 is 9.88 Å². The van der Waals surface area contributed by atoms with Gasteiger partial charge >= 0.3 is 0 Å². The number of aromatic nitrogens is 1. The Hall–Kier alpha value is -1.87. The maximum absolute atomic E-state index is 12.5. The maximum Gasteiger partial charge on any atom is 0.209 e. The molecular formula is C17H22N2O. The van der Waals surface area contributed by atoms with Gasteiger partial charge in [-0.05, 0) is 25.6 Å². The summed E-state index contributed by atoms with van der Waals surface area (Å²) in [4.78, 5) is 12.5. The lowest BCUT2D eigenvalue weighted by molar-refractivity contribution is 0.103. The summed E-state index contributed by atoms with van der Waals surface area (Å²) in [7, 11) is 1.96. The molecule has 0 unspecified atom stereocenters. The van der Waals surface area contributed by atoms with Gasteiger partial charge in [0, 0.05) is 31.3 Å². The number of carbonyl (C=O) groups excluding carboxylic acids is 1. The summed E-state index contributed by atoms with van der Waals surface area (Å²) < 4.78 is 2.00. The molecule has 2 aromatic rings. The topological polar surface area (TPSA) is 34.0 Å². The first-order valence-electron chi connectivity index (χ1n) is 7.10. The summed E-state index contributed by atoms with van der Waals surface area (Å²) in [5.74, 6) is 0.0854. The molecule has 0 saturated heterocycles. The third-order valence-electron chi connectivity index (χ3n) is 3.58. The second kappa shape index (κ2) is 6.53. The fourth-order valence-corrected chi connectivity index (χ4v) is 2.28. The van der Waals surface area contributed by atoms with Crippen LogP contribution in [0.2, 0.25) is 0 Å². The molecule has 1 aromatic carbocycles. The van der Waals surface area contributed by atoms with E-state index in [9.17, 15) is 4.79 Å². The molecule has 3 heteroatoms. The van der Waals surface area contributed by atoms with E-state index in [2.05, 4.69) is 12.2 Å². The van der Waals surface area contributed by atoms with Gasteiger partial charge in [0.15, 0.2) is 0 Å². The summed E-state index contributed by atoms with van der Waals surface area (Å²) in [5, 5.41) is 3.30. The first-order valence-corrected chi connectivity index (χ1v) is 7.10. The van der Waals surface area contributed by atoms with Crippen LogP contribution in [-0.4, -0.2) is 23.4 Å². The number of hydrogen-bond donors (Lipinski definition) is 1. The van der Waals surface area contributed by atoms with Crippen molar-refractivity contribution in [3.63, 3.8) is 0 Å². The minimum atomic E-state index is 0.0854. The molecule has 0 saturated carbocycles. The third kappa shape index (κ3) is 3.17. The lowest BCUT2D eigenvalue weighted by Gasteiger charge is -2.08. The lowest BCUT2D eigenvalue weighted by Crippen LogP contribution is -2.18. The summed E-state index contributed by atoms with van der Waals surface area (Å²) in [6.45, 7) is 6.03. The van der Waals surface area contributed by atoms with Gasteiger partial charge in [0.25, 0.3) is 0 Å². The highest BCUT2D eigenvalue weighted by molar-refractivity contribution is 6.08. The minimum absolute atomic E-state index is 0.0854. The summed E-state index contributed by atoms with van der Waals surface area (Å²) in [6.07, 6.45) is 0.936. The first-order chi connectivity index (χ1) is 9.63. The third-order valence-corrected chi connectivity index (χ3v) is 3.58. The predicted molar refractivity (Wildman–Crippen MR) is 82.3 cm³/mol. The highest BCUT2D eigenvalue weighted by atomic mass is 16.1. The van der Waals surface area contributed by atoms with E-state index in [0.29, 0.717) is 0 Å². The maximum atomic E-state index is 12.5. The molecule has 2 rings (SSSR count). The normalized spacial score (nSPS) is 10.8. The Balaban J connectivity index is 2.16. The zero-order chi connectivity index (χ0) is 14.5. The smallest absolute Gasteiger partial charge is 0.209 e. The zero-order valence-corrected chi connectivity index (χ0v) is 12.4. The van der Waals surface area contributed by atoms with Crippen molar-refractivity contribution in [2.45, 2.75) is 20.3 Å². The van der Waals surface area contributed by atoms with Crippen LogP contribution < -0.4 is 5.32 Å². The lowest BCUT2D eigenvalue weighted by atomic mass is 10.1. The minimum Gasteiger partial charge on any atom is -0.345 e. The summed E-state index contributed by atoms with van der Waals surface area (Å²) >= 11 is 0. The van der Waals surface area contributed by atoms with E-state index in [-0.39, 0.29) is 5.78 Å². The van der Waals surface area contributed by atoms with E-state index >= 15 is 0 Å². The standard InChI is InChI=1S/C17H22N2O/c1-4-18-12-11-15-9-10-16(19(15)3)17(20)14-7-5-13(2)6-8-14/h5-10,18H,4,11-12H2,1-3H3. The highest BCUT2D eigenvalue weighted by Gasteiger charge is 2.14. The molecule has 3 nitrogen and oxygen atoms in total. The molecule has 1 aromatic heterocycles. The van der Waals surface area contributed by atoms with E-state index in [4.69, 9.17) is 0 Å². The van der Waals surface area contributed by atoms with Crippen LogP contribution in [-0.2, 0) is 13.5 Å². The summed E-state index contributed by atoms with van der Waals surface area (Å²) in [6, 6.07) is 11.7. The molecule has 0 amide bonds. The van der Waals surface area contributed by atoms with E-state index in [0.717, 1.165) is 30.8 Å². The van der Waals surface area contributed by atoms with Gasteiger partial charge in [-0.1, -0.05) is 36.8 Å². The molecule has 1 N–H and O–H groups in total. The van der Waals surface area contributed by atoms with Crippen molar-refractivity contribution < 1.29 is 4.79 Å². The number of aryl methyl sites for hydroxylation is 1. The first kappa shape index (κ1) is 14.5. The van der Waals surface area contributed by atoms with Crippen LogP contribution in [0.4, 0.5) is 0 Å². The molecular weight excluding hydrogens is 248 g/mol. The number of nitrogens with one attached hydrogen (secondary N) is 1. The molecule has 0 radical (unpaired) electrons. The predicted octanol–water partition coefficient (Wildman–Crippen LogP) is 2.72. The molecule has 0 spiro atoms. The van der Waals surface area contributed by atoms with Crippen LogP contribution in [0.25, 0.3) is 0 Å². The molecule has 1 heterocycles. The van der Waals surface area contributed by atoms with Gasteiger partial charge in [-0.15, -0.1) is 0 Å². The van der Waals surface area contributed by atoms with Gasteiger partial charge in [0.1, 0.15) is 0 Å². The van der Waals surface area contributed by atoms with Crippen LogP contribution in [0.15, 0.2) is 36.4 Å². The number of rotatable bonds is 6. The molecule has 0 aliphatic rings. The Morgan fingerprint density at radius 2 is 1.85 bits per heavy atom. The number of nitrogens with zero attached hydrogens (tertiary/aromatic N) is 1. The van der Waals surface area contributed by atoms with Gasteiger partial charge in [0.2, 0.25) is 5.78 Å². The molecule has 20 heavy (non-hydrogen) atoms. The van der Waals surface area contributed by atoms with Crippen LogP contribution in [0.5, 0.6) is 0 Å². The van der Waals surface area contributed by atoms with E-state index in [1.807, 2.05) is 54.9 Å². The SMILES string of the molecule is CCNCCc1ccc(C(=O)c2ccc(C)cc2)n1C. The molecule has 0 fully saturated rings. The van der Waals surface area contributed by atoms with E-state index < -0.39 is 0 Å². The fraction of sp³-hybridized carbons (Fsp3) is 0.353. The summed E-state index contributed by atoms with van der Waals surface area (Å²) in [5.41, 5.74) is 3.84. The Kier molecular flexibility index (Phi) is 4.74. The number of likely N-dealkylation sites (N-methyl/N-ethyl adjacent to an activating group) is 1. The van der Waals surface area contributed by atoms with Crippen LogP contribution >= 0.6 is 0 Å². The molecule has 106 valence electrons. The van der Waals surface area contributed by atoms with Crippen molar-refractivity contribution in [3.8, 4) is 0 Å². The largest absolute Gasteiger partial charge is 0.345 e. The van der Waals surface area contributed by atoms with Gasteiger partial charge in [-0.2, -0.15) is 0 Å². The van der Waals surface area contributed by atoms with Crippen LogP contribution in [0.1, 0.15) is 34.2 Å². The number of ketones is 1. The van der Waals surface area contributed by atoms with Gasteiger partial charge in [-0.3, -0.25) is 4.79 Å². The second-order valence-corrected chi connectivity index (χ2v) is 5.07. The Morgan fingerprint density at radius 3 is 2.50 bits per heavy atom. The zero-order valence-electron chi connectivity index (χ0n) is 12.4. The number of carbonyl (C=O) groups is 1. The van der Waals surface area contributed by atoms with Crippen molar-refractivity contribution in [1.82, 2.24) is 9.88 Å². The second-order valence-electron chi connectivity index (χ2n) is 5.07.